The fourth-order valence-electron chi connectivity index (χ4n) is 3.02. The van der Waals surface area contributed by atoms with Gasteiger partial charge < -0.3 is 15.6 Å². The van der Waals surface area contributed by atoms with E-state index in [2.05, 4.69) is 6.92 Å². The van der Waals surface area contributed by atoms with Crippen molar-refractivity contribution in [3.63, 3.8) is 0 Å². The molecule has 0 radical (unpaired) electrons. The number of aliphatic hydroxyl groups is 1. The maximum Gasteiger partial charge on any atom is 0.124 e. The van der Waals surface area contributed by atoms with E-state index >= 15 is 0 Å². The molecule has 2 rings (SSSR count). The van der Waals surface area contributed by atoms with Gasteiger partial charge in [-0.3, -0.25) is 0 Å². The van der Waals surface area contributed by atoms with Crippen molar-refractivity contribution >= 4 is 0 Å². The molecule has 1 aromatic carbocycles. The molecule has 0 saturated heterocycles. The van der Waals surface area contributed by atoms with Crippen molar-refractivity contribution in [1.29, 1.82) is 0 Å². The van der Waals surface area contributed by atoms with Gasteiger partial charge in [-0.15, -0.1) is 0 Å². The van der Waals surface area contributed by atoms with Gasteiger partial charge in [0.2, 0.25) is 0 Å². The van der Waals surface area contributed by atoms with E-state index in [-0.39, 0.29) is 12.1 Å². The van der Waals surface area contributed by atoms with Gasteiger partial charge >= 0.3 is 0 Å². The lowest BCUT2D eigenvalue weighted by atomic mass is 10.0. The van der Waals surface area contributed by atoms with Gasteiger partial charge in [0.1, 0.15) is 12.4 Å². The summed E-state index contributed by atoms with van der Waals surface area (Å²) in [6.07, 6.45) is 6.51. The minimum Gasteiger partial charge on any atom is -0.491 e. The predicted molar refractivity (Wildman–Crippen MR) is 81.7 cm³/mol. The zero-order chi connectivity index (χ0) is 14.4. The number of ether oxygens (including phenoxy) is 1. The van der Waals surface area contributed by atoms with Crippen LogP contribution in [0.15, 0.2) is 24.3 Å². The fourth-order valence-corrected chi connectivity index (χ4v) is 3.02. The highest BCUT2D eigenvalue weighted by Gasteiger charge is 2.19. The summed E-state index contributed by atoms with van der Waals surface area (Å²) in [6, 6.07) is 7.87. The SMILES string of the molecule is CCC(N)c1ccccc1OCC(O)CC1CCCC1. The van der Waals surface area contributed by atoms with Crippen LogP contribution in [0.2, 0.25) is 0 Å². The molecule has 20 heavy (non-hydrogen) atoms. The Morgan fingerprint density at radius 2 is 2.00 bits per heavy atom. The molecule has 0 aromatic heterocycles. The Morgan fingerprint density at radius 3 is 2.70 bits per heavy atom. The molecule has 2 unspecified atom stereocenters. The minimum atomic E-state index is -0.371. The minimum absolute atomic E-state index is 0.00169. The highest BCUT2D eigenvalue weighted by molar-refractivity contribution is 5.35. The first-order valence-electron chi connectivity index (χ1n) is 7.86. The Balaban J connectivity index is 1.86. The molecule has 1 aromatic rings. The number of para-hydroxylation sites is 1. The van der Waals surface area contributed by atoms with Crippen molar-refractivity contribution in [2.75, 3.05) is 6.61 Å². The molecule has 0 bridgehead atoms. The van der Waals surface area contributed by atoms with Crippen molar-refractivity contribution in [3.05, 3.63) is 29.8 Å². The van der Waals surface area contributed by atoms with Crippen molar-refractivity contribution < 1.29 is 9.84 Å². The number of benzene rings is 1. The smallest absolute Gasteiger partial charge is 0.124 e. The predicted octanol–water partition coefficient (Wildman–Crippen LogP) is 3.42. The van der Waals surface area contributed by atoms with Gasteiger partial charge in [0, 0.05) is 11.6 Å². The first-order chi connectivity index (χ1) is 9.70. The molecule has 1 aliphatic carbocycles. The average Bonchev–Trinajstić information content (AvgIpc) is 2.97. The van der Waals surface area contributed by atoms with Gasteiger partial charge in [-0.1, -0.05) is 50.8 Å². The third-order valence-electron chi connectivity index (χ3n) is 4.27. The second-order valence-electron chi connectivity index (χ2n) is 5.90. The molecule has 3 nitrogen and oxygen atoms in total. The maximum atomic E-state index is 10.1. The summed E-state index contributed by atoms with van der Waals surface area (Å²) in [5.41, 5.74) is 7.12. The maximum absolute atomic E-state index is 10.1. The van der Waals surface area contributed by atoms with Crippen LogP contribution in [-0.2, 0) is 0 Å². The van der Waals surface area contributed by atoms with E-state index in [0.29, 0.717) is 12.5 Å². The molecule has 1 fully saturated rings. The zero-order valence-electron chi connectivity index (χ0n) is 12.4. The molecule has 112 valence electrons. The van der Waals surface area contributed by atoms with Gasteiger partial charge in [0.05, 0.1) is 6.10 Å². The fraction of sp³-hybridized carbons (Fsp3) is 0.647. The first kappa shape index (κ1) is 15.3. The summed E-state index contributed by atoms with van der Waals surface area (Å²) in [7, 11) is 0. The van der Waals surface area contributed by atoms with Gasteiger partial charge in [0.25, 0.3) is 0 Å². The molecule has 1 aliphatic rings. The van der Waals surface area contributed by atoms with Crippen molar-refractivity contribution in [2.24, 2.45) is 11.7 Å². The third-order valence-corrected chi connectivity index (χ3v) is 4.27. The molecule has 2 atom stereocenters. The summed E-state index contributed by atoms with van der Waals surface area (Å²) in [5, 5.41) is 10.1. The number of aliphatic hydroxyl groups excluding tert-OH is 1. The van der Waals surface area contributed by atoms with Crippen molar-refractivity contribution in [2.45, 2.75) is 57.6 Å². The lowest BCUT2D eigenvalue weighted by Crippen LogP contribution is -2.21. The zero-order valence-corrected chi connectivity index (χ0v) is 12.4. The van der Waals surface area contributed by atoms with Crippen LogP contribution in [0.3, 0.4) is 0 Å². The number of hydrogen-bond acceptors (Lipinski definition) is 3. The monoisotopic (exact) mass is 277 g/mol. The molecule has 3 N–H and O–H groups in total. The average molecular weight is 277 g/mol. The van der Waals surface area contributed by atoms with Crippen molar-refractivity contribution in [3.8, 4) is 5.75 Å². The van der Waals surface area contributed by atoms with Crippen LogP contribution in [-0.4, -0.2) is 17.8 Å². The normalized spacial score (nSPS) is 18.9. The quantitative estimate of drug-likeness (QED) is 0.803. The van der Waals surface area contributed by atoms with Gasteiger partial charge in [-0.2, -0.15) is 0 Å². The van der Waals surface area contributed by atoms with E-state index in [1.54, 1.807) is 0 Å². The summed E-state index contributed by atoms with van der Waals surface area (Å²) in [5.74, 6) is 1.49. The Morgan fingerprint density at radius 1 is 1.30 bits per heavy atom. The Kier molecular flexibility index (Phi) is 5.86. The second-order valence-corrected chi connectivity index (χ2v) is 5.90. The van der Waals surface area contributed by atoms with Crippen LogP contribution in [0.5, 0.6) is 5.75 Å². The number of rotatable bonds is 7. The van der Waals surface area contributed by atoms with Crippen LogP contribution in [0.4, 0.5) is 0 Å². The number of hydrogen-bond donors (Lipinski definition) is 2. The van der Waals surface area contributed by atoms with E-state index in [1.807, 2.05) is 24.3 Å². The summed E-state index contributed by atoms with van der Waals surface area (Å²) in [6.45, 7) is 2.43. The molecule has 0 heterocycles. The second kappa shape index (κ2) is 7.65. The lowest BCUT2D eigenvalue weighted by molar-refractivity contribution is 0.0849. The van der Waals surface area contributed by atoms with Crippen LogP contribution in [0, 0.1) is 5.92 Å². The molecule has 0 amide bonds. The molecular weight excluding hydrogens is 250 g/mol. The lowest BCUT2D eigenvalue weighted by Gasteiger charge is -2.19. The summed E-state index contributed by atoms with van der Waals surface area (Å²) < 4.78 is 5.80. The highest BCUT2D eigenvalue weighted by atomic mass is 16.5. The third kappa shape index (κ3) is 4.22. The van der Waals surface area contributed by atoms with Crippen LogP contribution in [0.25, 0.3) is 0 Å². The van der Waals surface area contributed by atoms with Gasteiger partial charge in [0.15, 0.2) is 0 Å². The Hall–Kier alpha value is -1.06. The summed E-state index contributed by atoms with van der Waals surface area (Å²) in [4.78, 5) is 0. The molecule has 0 aliphatic heterocycles. The van der Waals surface area contributed by atoms with Crippen LogP contribution < -0.4 is 10.5 Å². The molecule has 3 heteroatoms. The van der Waals surface area contributed by atoms with Crippen LogP contribution in [0.1, 0.15) is 57.1 Å². The largest absolute Gasteiger partial charge is 0.491 e. The van der Waals surface area contributed by atoms with E-state index in [9.17, 15) is 5.11 Å². The van der Waals surface area contributed by atoms with Gasteiger partial charge in [-0.05, 0) is 24.8 Å². The van der Waals surface area contributed by atoms with E-state index in [0.717, 1.165) is 24.2 Å². The summed E-state index contributed by atoms with van der Waals surface area (Å²) >= 11 is 0. The Bertz CT molecular complexity index is 402. The van der Waals surface area contributed by atoms with Gasteiger partial charge in [-0.25, -0.2) is 0 Å². The topological polar surface area (TPSA) is 55.5 Å². The molecular formula is C17H27NO2. The van der Waals surface area contributed by atoms with Crippen molar-refractivity contribution in [1.82, 2.24) is 0 Å². The highest BCUT2D eigenvalue weighted by Crippen LogP contribution is 2.29. The standard InChI is InChI=1S/C17H27NO2/c1-2-16(18)15-9-5-6-10-17(15)20-12-14(19)11-13-7-3-4-8-13/h5-6,9-10,13-14,16,19H,2-4,7-8,11-12,18H2,1H3. The van der Waals surface area contributed by atoms with Crippen LogP contribution >= 0.6 is 0 Å². The van der Waals surface area contributed by atoms with E-state index in [1.165, 1.54) is 25.7 Å². The Labute approximate surface area is 122 Å². The molecule has 0 spiro atoms. The molecule has 1 saturated carbocycles. The van der Waals surface area contributed by atoms with E-state index < -0.39 is 0 Å². The number of nitrogens with two attached hydrogens (primary N) is 1. The first-order valence-corrected chi connectivity index (χ1v) is 7.86. The van der Waals surface area contributed by atoms with E-state index in [4.69, 9.17) is 10.5 Å².